The minimum atomic E-state index is 0.0910. The topological polar surface area (TPSA) is 54.0 Å². The van der Waals surface area contributed by atoms with E-state index >= 15 is 0 Å². The molecule has 0 fully saturated rings. The van der Waals surface area contributed by atoms with Gasteiger partial charge in [-0.1, -0.05) is 0 Å². The van der Waals surface area contributed by atoms with Crippen LogP contribution in [0, 0.1) is 0 Å². The quantitative estimate of drug-likeness (QED) is 0.686. The van der Waals surface area contributed by atoms with Crippen molar-refractivity contribution in [3.05, 3.63) is 16.6 Å². The molecule has 1 rings (SSSR count). The van der Waals surface area contributed by atoms with Gasteiger partial charge in [-0.2, -0.15) is 0 Å². The maximum Gasteiger partial charge on any atom is 0.220 e. The van der Waals surface area contributed by atoms with Gasteiger partial charge in [-0.15, -0.1) is 11.3 Å². The summed E-state index contributed by atoms with van der Waals surface area (Å²) in [6, 6.07) is 0. The molecule has 0 aromatic carbocycles. The Kier molecular flexibility index (Phi) is 5.17. The first-order chi connectivity index (χ1) is 6.83. The summed E-state index contributed by atoms with van der Waals surface area (Å²) in [7, 11) is 1.88. The molecule has 0 atom stereocenters. The standard InChI is InChI=1S/C9H15N3OS/c1-10-4-2-3-9(13)11-5-8-6-14-7-12-8/h6-7,10H,2-5H2,1H3,(H,11,13). The molecule has 5 heteroatoms. The molecular weight excluding hydrogens is 198 g/mol. The third-order valence-corrected chi connectivity index (χ3v) is 2.42. The van der Waals surface area contributed by atoms with E-state index in [-0.39, 0.29) is 5.91 Å². The van der Waals surface area contributed by atoms with E-state index in [1.54, 1.807) is 16.8 Å². The Labute approximate surface area is 87.7 Å². The maximum absolute atomic E-state index is 11.2. The Hall–Kier alpha value is -0.940. The first kappa shape index (κ1) is 11.1. The van der Waals surface area contributed by atoms with Crippen LogP contribution in [0.4, 0.5) is 0 Å². The van der Waals surface area contributed by atoms with Crippen LogP contribution in [0.3, 0.4) is 0 Å². The number of thiazole rings is 1. The molecule has 0 saturated heterocycles. The van der Waals surface area contributed by atoms with E-state index in [1.807, 2.05) is 12.4 Å². The van der Waals surface area contributed by atoms with Crippen LogP contribution in [0.15, 0.2) is 10.9 Å². The lowest BCUT2D eigenvalue weighted by molar-refractivity contribution is -0.121. The fraction of sp³-hybridized carbons (Fsp3) is 0.556. The molecular formula is C9H15N3OS. The van der Waals surface area contributed by atoms with Crippen LogP contribution in [0.25, 0.3) is 0 Å². The smallest absolute Gasteiger partial charge is 0.220 e. The van der Waals surface area contributed by atoms with Crippen molar-refractivity contribution < 1.29 is 4.79 Å². The predicted molar refractivity (Wildman–Crippen MR) is 57.1 cm³/mol. The van der Waals surface area contributed by atoms with Gasteiger partial charge in [-0.05, 0) is 20.0 Å². The Morgan fingerprint density at radius 3 is 3.14 bits per heavy atom. The van der Waals surface area contributed by atoms with Crippen LogP contribution in [0.1, 0.15) is 18.5 Å². The molecule has 1 aromatic heterocycles. The summed E-state index contributed by atoms with van der Waals surface area (Å²) in [5.41, 5.74) is 2.69. The highest BCUT2D eigenvalue weighted by atomic mass is 32.1. The third kappa shape index (κ3) is 4.34. The van der Waals surface area contributed by atoms with Crippen molar-refractivity contribution in [3.8, 4) is 0 Å². The zero-order valence-corrected chi connectivity index (χ0v) is 9.06. The van der Waals surface area contributed by atoms with Crippen LogP contribution in [0.2, 0.25) is 0 Å². The number of aromatic nitrogens is 1. The average molecular weight is 213 g/mol. The molecule has 1 amide bonds. The zero-order chi connectivity index (χ0) is 10.2. The number of nitrogens with one attached hydrogen (secondary N) is 2. The Morgan fingerprint density at radius 2 is 2.50 bits per heavy atom. The minimum Gasteiger partial charge on any atom is -0.350 e. The third-order valence-electron chi connectivity index (χ3n) is 1.78. The predicted octanol–water partition coefficient (Wildman–Crippen LogP) is 0.759. The summed E-state index contributed by atoms with van der Waals surface area (Å²) in [4.78, 5) is 15.3. The molecule has 2 N–H and O–H groups in total. The van der Waals surface area contributed by atoms with E-state index in [2.05, 4.69) is 15.6 Å². The van der Waals surface area contributed by atoms with Gasteiger partial charge in [-0.3, -0.25) is 4.79 Å². The van der Waals surface area contributed by atoms with Crippen molar-refractivity contribution in [1.29, 1.82) is 0 Å². The Balaban J connectivity index is 2.09. The largest absolute Gasteiger partial charge is 0.350 e. The molecule has 4 nitrogen and oxygen atoms in total. The van der Waals surface area contributed by atoms with E-state index in [4.69, 9.17) is 0 Å². The Bertz CT molecular complexity index is 261. The van der Waals surface area contributed by atoms with Gasteiger partial charge >= 0.3 is 0 Å². The highest BCUT2D eigenvalue weighted by Gasteiger charge is 2.01. The molecule has 1 aromatic rings. The summed E-state index contributed by atoms with van der Waals surface area (Å²) in [6.45, 7) is 1.42. The van der Waals surface area contributed by atoms with Gasteiger partial charge in [0.25, 0.3) is 0 Å². The van der Waals surface area contributed by atoms with Gasteiger partial charge in [0, 0.05) is 11.8 Å². The summed E-state index contributed by atoms with van der Waals surface area (Å²) in [5.74, 6) is 0.0910. The first-order valence-electron chi connectivity index (χ1n) is 4.61. The highest BCUT2D eigenvalue weighted by molar-refractivity contribution is 7.07. The monoisotopic (exact) mass is 213 g/mol. The fourth-order valence-corrected chi connectivity index (χ4v) is 1.59. The van der Waals surface area contributed by atoms with Crippen LogP contribution in [-0.4, -0.2) is 24.5 Å². The van der Waals surface area contributed by atoms with Crippen molar-refractivity contribution >= 4 is 17.2 Å². The van der Waals surface area contributed by atoms with Crippen LogP contribution in [0.5, 0.6) is 0 Å². The number of amides is 1. The van der Waals surface area contributed by atoms with Crippen LogP contribution in [-0.2, 0) is 11.3 Å². The minimum absolute atomic E-state index is 0.0910. The molecule has 78 valence electrons. The lowest BCUT2D eigenvalue weighted by Crippen LogP contribution is -2.23. The Morgan fingerprint density at radius 1 is 1.64 bits per heavy atom. The van der Waals surface area contributed by atoms with Gasteiger partial charge in [0.1, 0.15) is 0 Å². The van der Waals surface area contributed by atoms with Crippen molar-refractivity contribution in [1.82, 2.24) is 15.6 Å². The summed E-state index contributed by atoms with van der Waals surface area (Å²) in [5, 5.41) is 7.76. The van der Waals surface area contributed by atoms with E-state index in [9.17, 15) is 4.79 Å². The molecule has 0 unspecified atom stereocenters. The van der Waals surface area contributed by atoms with Gasteiger partial charge in [0.05, 0.1) is 17.7 Å². The van der Waals surface area contributed by atoms with Gasteiger partial charge in [0.2, 0.25) is 5.91 Å². The molecule has 0 radical (unpaired) electrons. The number of hydrogen-bond acceptors (Lipinski definition) is 4. The van der Waals surface area contributed by atoms with Crippen LogP contribution >= 0.6 is 11.3 Å². The van der Waals surface area contributed by atoms with E-state index in [1.165, 1.54) is 0 Å². The van der Waals surface area contributed by atoms with E-state index in [0.29, 0.717) is 13.0 Å². The second kappa shape index (κ2) is 6.50. The molecule has 0 aliphatic carbocycles. The second-order valence-corrected chi connectivity index (χ2v) is 3.68. The van der Waals surface area contributed by atoms with E-state index < -0.39 is 0 Å². The zero-order valence-electron chi connectivity index (χ0n) is 8.25. The fourth-order valence-electron chi connectivity index (χ4n) is 1.03. The van der Waals surface area contributed by atoms with E-state index in [0.717, 1.165) is 18.7 Å². The molecule has 14 heavy (non-hydrogen) atoms. The van der Waals surface area contributed by atoms with Gasteiger partial charge < -0.3 is 10.6 Å². The number of nitrogens with zero attached hydrogens (tertiary/aromatic N) is 1. The normalized spacial score (nSPS) is 10.1. The lowest BCUT2D eigenvalue weighted by atomic mass is 10.3. The lowest BCUT2D eigenvalue weighted by Gasteiger charge is -2.02. The number of carbonyl (C=O) groups excluding carboxylic acids is 1. The first-order valence-corrected chi connectivity index (χ1v) is 5.55. The van der Waals surface area contributed by atoms with Crippen LogP contribution < -0.4 is 10.6 Å². The summed E-state index contributed by atoms with van der Waals surface area (Å²) in [6.07, 6.45) is 1.45. The molecule has 0 saturated carbocycles. The van der Waals surface area contributed by atoms with Crippen molar-refractivity contribution in [2.75, 3.05) is 13.6 Å². The summed E-state index contributed by atoms with van der Waals surface area (Å²) < 4.78 is 0. The molecule has 0 bridgehead atoms. The highest BCUT2D eigenvalue weighted by Crippen LogP contribution is 2.00. The van der Waals surface area contributed by atoms with Gasteiger partial charge in [-0.25, -0.2) is 4.98 Å². The molecule has 0 aliphatic rings. The van der Waals surface area contributed by atoms with Crippen molar-refractivity contribution in [2.24, 2.45) is 0 Å². The average Bonchev–Trinajstić information content (AvgIpc) is 2.68. The number of hydrogen-bond donors (Lipinski definition) is 2. The molecule has 1 heterocycles. The number of carbonyl (C=O) groups is 1. The molecule has 0 spiro atoms. The van der Waals surface area contributed by atoms with Crippen molar-refractivity contribution in [2.45, 2.75) is 19.4 Å². The van der Waals surface area contributed by atoms with Gasteiger partial charge in [0.15, 0.2) is 0 Å². The number of rotatable bonds is 6. The molecule has 0 aliphatic heterocycles. The summed E-state index contributed by atoms with van der Waals surface area (Å²) >= 11 is 1.54. The van der Waals surface area contributed by atoms with Crippen molar-refractivity contribution in [3.63, 3.8) is 0 Å². The SMILES string of the molecule is CNCCCC(=O)NCc1cscn1. The second-order valence-electron chi connectivity index (χ2n) is 2.96. The maximum atomic E-state index is 11.2.